The molecule has 0 unspecified atom stereocenters. The molecule has 2 N–H and O–H groups in total. The number of hydrogen-bond donors (Lipinski definition) is 2. The maximum absolute atomic E-state index is 13.6. The van der Waals surface area contributed by atoms with E-state index in [1.54, 1.807) is 0 Å². The molecule has 0 aliphatic carbocycles. The fourth-order valence-corrected chi connectivity index (χ4v) is 4.71. The standard InChI is InChI=1S/C24H38N4O2/c1-7-17(2)20-21(29)28(18(3)19-11-9-8-10-12-19)24(25-20)13-15-27(16-14-24)22(30)26-23(4,5)6/h8-12,17-18,20,25H,7,13-16H2,1-6H3,(H,26,30)/t17-,18-,20+/m0/s1. The molecule has 3 atom stereocenters. The minimum Gasteiger partial charge on any atom is -0.333 e. The summed E-state index contributed by atoms with van der Waals surface area (Å²) in [6, 6.07) is 10.0. The summed E-state index contributed by atoms with van der Waals surface area (Å²) in [5, 5.41) is 6.79. The fraction of sp³-hybridized carbons (Fsp3) is 0.667. The van der Waals surface area contributed by atoms with Gasteiger partial charge >= 0.3 is 6.03 Å². The topological polar surface area (TPSA) is 64.7 Å². The number of carbonyl (C=O) groups excluding carboxylic acids is 2. The molecule has 3 rings (SSSR count). The zero-order chi connectivity index (χ0) is 22.1. The molecule has 30 heavy (non-hydrogen) atoms. The van der Waals surface area contributed by atoms with Gasteiger partial charge in [-0.3, -0.25) is 10.1 Å². The Labute approximate surface area is 181 Å². The summed E-state index contributed by atoms with van der Waals surface area (Å²) in [5.74, 6) is 0.456. The van der Waals surface area contributed by atoms with Gasteiger partial charge in [-0.2, -0.15) is 0 Å². The lowest BCUT2D eigenvalue weighted by Crippen LogP contribution is -2.61. The van der Waals surface area contributed by atoms with Gasteiger partial charge in [0.2, 0.25) is 5.91 Å². The van der Waals surface area contributed by atoms with Crippen LogP contribution in [0, 0.1) is 5.92 Å². The van der Waals surface area contributed by atoms with Gasteiger partial charge in [0, 0.05) is 31.5 Å². The molecule has 6 heteroatoms. The third-order valence-corrected chi connectivity index (χ3v) is 6.63. The first-order valence-corrected chi connectivity index (χ1v) is 11.3. The number of hydrogen-bond acceptors (Lipinski definition) is 3. The monoisotopic (exact) mass is 414 g/mol. The molecule has 1 aromatic carbocycles. The fourth-order valence-electron chi connectivity index (χ4n) is 4.71. The summed E-state index contributed by atoms with van der Waals surface area (Å²) in [6.07, 6.45) is 2.42. The first-order valence-electron chi connectivity index (χ1n) is 11.3. The van der Waals surface area contributed by atoms with Crippen molar-refractivity contribution in [2.24, 2.45) is 5.92 Å². The predicted molar refractivity (Wildman–Crippen MR) is 120 cm³/mol. The van der Waals surface area contributed by atoms with Gasteiger partial charge in [-0.25, -0.2) is 4.79 Å². The van der Waals surface area contributed by atoms with Gasteiger partial charge in [0.25, 0.3) is 0 Å². The van der Waals surface area contributed by atoms with Gasteiger partial charge in [0.15, 0.2) is 0 Å². The Morgan fingerprint density at radius 1 is 1.20 bits per heavy atom. The van der Waals surface area contributed by atoms with Crippen LogP contribution in [0.25, 0.3) is 0 Å². The van der Waals surface area contributed by atoms with Crippen molar-refractivity contribution < 1.29 is 9.59 Å². The van der Waals surface area contributed by atoms with Crippen LogP contribution in [0.5, 0.6) is 0 Å². The minimum atomic E-state index is -0.404. The van der Waals surface area contributed by atoms with Gasteiger partial charge in [-0.1, -0.05) is 50.6 Å². The first-order chi connectivity index (χ1) is 14.1. The number of urea groups is 1. The third kappa shape index (κ3) is 4.48. The van der Waals surface area contributed by atoms with Crippen LogP contribution in [-0.2, 0) is 4.79 Å². The van der Waals surface area contributed by atoms with Crippen molar-refractivity contribution in [3.8, 4) is 0 Å². The van der Waals surface area contributed by atoms with Crippen LogP contribution in [0.15, 0.2) is 30.3 Å². The van der Waals surface area contributed by atoms with E-state index in [2.05, 4.69) is 48.4 Å². The molecule has 1 spiro atoms. The molecule has 0 saturated carbocycles. The highest BCUT2D eigenvalue weighted by Gasteiger charge is 2.54. The molecular formula is C24H38N4O2. The minimum absolute atomic E-state index is 0.0183. The lowest BCUT2D eigenvalue weighted by Gasteiger charge is -2.47. The average Bonchev–Trinajstić information content (AvgIpc) is 2.98. The Kier molecular flexibility index (Phi) is 6.46. The Balaban J connectivity index is 1.83. The molecule has 2 aliphatic rings. The maximum atomic E-state index is 13.6. The van der Waals surface area contributed by atoms with Gasteiger partial charge in [0.05, 0.1) is 17.7 Å². The highest BCUT2D eigenvalue weighted by molar-refractivity contribution is 5.86. The van der Waals surface area contributed by atoms with Crippen LogP contribution in [0.4, 0.5) is 4.79 Å². The van der Waals surface area contributed by atoms with Crippen molar-refractivity contribution in [2.45, 2.75) is 84.1 Å². The Bertz CT molecular complexity index is 750. The largest absolute Gasteiger partial charge is 0.333 e. The second kappa shape index (κ2) is 8.58. The Hall–Kier alpha value is -2.08. The van der Waals surface area contributed by atoms with Crippen molar-refractivity contribution in [1.29, 1.82) is 0 Å². The SMILES string of the molecule is CC[C@H](C)[C@H]1NC2(CCN(C(=O)NC(C)(C)C)CC2)N([C@@H](C)c2ccccc2)C1=O. The van der Waals surface area contributed by atoms with Crippen molar-refractivity contribution in [1.82, 2.24) is 20.4 Å². The van der Waals surface area contributed by atoms with Crippen molar-refractivity contribution in [3.63, 3.8) is 0 Å². The van der Waals surface area contributed by atoms with Crippen LogP contribution in [0.3, 0.4) is 0 Å². The van der Waals surface area contributed by atoms with Gasteiger partial charge in [-0.15, -0.1) is 0 Å². The van der Waals surface area contributed by atoms with E-state index in [1.807, 2.05) is 43.9 Å². The summed E-state index contributed by atoms with van der Waals surface area (Å²) < 4.78 is 0. The maximum Gasteiger partial charge on any atom is 0.317 e. The number of benzene rings is 1. The quantitative estimate of drug-likeness (QED) is 0.785. The van der Waals surface area contributed by atoms with Crippen LogP contribution in [0.1, 0.15) is 72.4 Å². The lowest BCUT2D eigenvalue weighted by molar-refractivity contribution is -0.136. The molecule has 1 aromatic rings. The van der Waals surface area contributed by atoms with Gasteiger partial charge in [0.1, 0.15) is 0 Å². The van der Waals surface area contributed by atoms with Crippen LogP contribution in [0.2, 0.25) is 0 Å². The molecule has 6 nitrogen and oxygen atoms in total. The highest BCUT2D eigenvalue weighted by atomic mass is 16.2. The molecule has 0 bridgehead atoms. The normalized spacial score (nSPS) is 23.5. The highest BCUT2D eigenvalue weighted by Crippen LogP contribution is 2.40. The number of likely N-dealkylation sites (tertiary alicyclic amines) is 1. The zero-order valence-electron chi connectivity index (χ0n) is 19.4. The smallest absolute Gasteiger partial charge is 0.317 e. The molecule has 2 fully saturated rings. The number of carbonyl (C=O) groups is 2. The van der Waals surface area contributed by atoms with Crippen molar-refractivity contribution >= 4 is 11.9 Å². The van der Waals surface area contributed by atoms with Crippen LogP contribution < -0.4 is 10.6 Å². The van der Waals surface area contributed by atoms with E-state index in [-0.39, 0.29) is 35.5 Å². The molecule has 2 saturated heterocycles. The summed E-state index contributed by atoms with van der Waals surface area (Å²) in [4.78, 5) is 30.2. The van der Waals surface area contributed by atoms with E-state index in [0.29, 0.717) is 13.1 Å². The second-order valence-corrected chi connectivity index (χ2v) is 10.0. The average molecular weight is 415 g/mol. The van der Waals surface area contributed by atoms with Gasteiger partial charge in [-0.05, 0) is 39.2 Å². The lowest BCUT2D eigenvalue weighted by atomic mass is 9.93. The van der Waals surface area contributed by atoms with Crippen molar-refractivity contribution in [3.05, 3.63) is 35.9 Å². The molecule has 2 heterocycles. The van der Waals surface area contributed by atoms with E-state index in [9.17, 15) is 9.59 Å². The Morgan fingerprint density at radius 2 is 1.80 bits per heavy atom. The van der Waals surface area contributed by atoms with E-state index >= 15 is 0 Å². The van der Waals surface area contributed by atoms with E-state index in [0.717, 1.165) is 24.8 Å². The zero-order valence-corrected chi connectivity index (χ0v) is 19.4. The van der Waals surface area contributed by atoms with E-state index < -0.39 is 5.66 Å². The molecule has 0 radical (unpaired) electrons. The number of nitrogens with zero attached hydrogens (tertiary/aromatic N) is 2. The van der Waals surface area contributed by atoms with E-state index in [1.165, 1.54) is 0 Å². The summed E-state index contributed by atoms with van der Waals surface area (Å²) in [5.41, 5.74) is 0.479. The second-order valence-electron chi connectivity index (χ2n) is 10.0. The summed E-state index contributed by atoms with van der Waals surface area (Å²) in [7, 11) is 0. The first kappa shape index (κ1) is 22.6. The molecular weight excluding hydrogens is 376 g/mol. The third-order valence-electron chi connectivity index (χ3n) is 6.63. The number of piperidine rings is 1. The molecule has 3 amide bonds. The molecule has 166 valence electrons. The summed E-state index contributed by atoms with van der Waals surface area (Å²) >= 11 is 0. The molecule has 0 aromatic heterocycles. The number of rotatable bonds is 4. The molecule has 2 aliphatic heterocycles. The number of amides is 3. The van der Waals surface area contributed by atoms with Crippen molar-refractivity contribution in [2.75, 3.05) is 13.1 Å². The summed E-state index contributed by atoms with van der Waals surface area (Å²) in [6.45, 7) is 13.6. The predicted octanol–water partition coefficient (Wildman–Crippen LogP) is 3.89. The number of nitrogens with one attached hydrogen (secondary N) is 2. The van der Waals surface area contributed by atoms with E-state index in [4.69, 9.17) is 0 Å². The van der Waals surface area contributed by atoms with Crippen LogP contribution in [-0.4, -0.2) is 52.1 Å². The van der Waals surface area contributed by atoms with Gasteiger partial charge < -0.3 is 15.1 Å². The van der Waals surface area contributed by atoms with Crippen LogP contribution >= 0.6 is 0 Å². The Morgan fingerprint density at radius 3 is 2.33 bits per heavy atom.